The summed E-state index contributed by atoms with van der Waals surface area (Å²) in [6.45, 7) is -0.115. The zero-order valence-corrected chi connectivity index (χ0v) is 10.9. The summed E-state index contributed by atoms with van der Waals surface area (Å²) >= 11 is 0. The second-order valence-electron chi connectivity index (χ2n) is 4.35. The van der Waals surface area contributed by atoms with Gasteiger partial charge in [0.15, 0.2) is 0 Å². The van der Waals surface area contributed by atoms with Crippen molar-refractivity contribution in [3.05, 3.63) is 60.2 Å². The van der Waals surface area contributed by atoms with E-state index in [4.69, 9.17) is 0 Å². The third kappa shape index (κ3) is 4.52. The molecule has 0 bridgehead atoms. The molecule has 110 valence electrons. The fraction of sp³-hybridized carbons (Fsp3) is 0.133. The highest BCUT2D eigenvalue weighted by Crippen LogP contribution is 2.30. The Morgan fingerprint density at radius 1 is 0.952 bits per heavy atom. The van der Waals surface area contributed by atoms with Crippen molar-refractivity contribution in [3.8, 4) is 0 Å². The summed E-state index contributed by atoms with van der Waals surface area (Å²) in [5.74, 6) is -0.335. The number of carbonyl (C=O) groups excluding carboxylic acids is 1. The summed E-state index contributed by atoms with van der Waals surface area (Å²) in [6, 6.07) is 13.5. The first-order chi connectivity index (χ1) is 9.95. The predicted octanol–water partition coefficient (Wildman–Crippen LogP) is 3.76. The highest BCUT2D eigenvalue weighted by molar-refractivity contribution is 5.93. The number of anilines is 2. The Balaban J connectivity index is 1.92. The molecule has 1 amide bonds. The molecule has 0 aliphatic rings. The molecule has 0 unspecified atom stereocenters. The molecule has 2 aromatic rings. The minimum absolute atomic E-state index is 0.115. The van der Waals surface area contributed by atoms with Gasteiger partial charge in [-0.2, -0.15) is 13.2 Å². The molecule has 0 aliphatic carbocycles. The number of rotatable bonds is 4. The van der Waals surface area contributed by atoms with E-state index in [-0.39, 0.29) is 18.1 Å². The van der Waals surface area contributed by atoms with Crippen molar-refractivity contribution in [1.82, 2.24) is 0 Å². The lowest BCUT2D eigenvalue weighted by atomic mass is 10.2. The molecule has 2 N–H and O–H groups in total. The molecule has 2 rings (SSSR count). The van der Waals surface area contributed by atoms with Gasteiger partial charge in [-0.15, -0.1) is 0 Å². The summed E-state index contributed by atoms with van der Waals surface area (Å²) in [4.78, 5) is 11.7. The molecule has 0 spiro atoms. The molecule has 0 atom stereocenters. The van der Waals surface area contributed by atoms with Crippen LogP contribution in [0.2, 0.25) is 0 Å². The Labute approximate surface area is 119 Å². The standard InChI is InChI=1S/C15H13F3N2O/c16-15(17,18)11-5-4-8-13(9-11)19-10-14(21)20-12-6-2-1-3-7-12/h1-9,19H,10H2,(H,20,21). The van der Waals surface area contributed by atoms with Gasteiger partial charge in [0, 0.05) is 11.4 Å². The molecule has 0 heterocycles. The number of hydrogen-bond donors (Lipinski definition) is 2. The molecule has 0 aliphatic heterocycles. The fourth-order valence-electron chi connectivity index (χ4n) is 1.71. The van der Waals surface area contributed by atoms with Crippen LogP contribution in [0.5, 0.6) is 0 Å². The second-order valence-corrected chi connectivity index (χ2v) is 4.35. The molecule has 0 fully saturated rings. The fourth-order valence-corrected chi connectivity index (χ4v) is 1.71. The molecule has 0 saturated heterocycles. The number of para-hydroxylation sites is 1. The summed E-state index contributed by atoms with van der Waals surface area (Å²) in [5.41, 5.74) is 0.123. The van der Waals surface area contributed by atoms with Crippen LogP contribution in [-0.4, -0.2) is 12.5 Å². The first-order valence-corrected chi connectivity index (χ1v) is 6.21. The number of carbonyl (C=O) groups is 1. The van der Waals surface area contributed by atoms with E-state index in [0.29, 0.717) is 5.69 Å². The SMILES string of the molecule is O=C(CNc1cccc(C(F)(F)F)c1)Nc1ccccc1. The van der Waals surface area contributed by atoms with Gasteiger partial charge in [-0.3, -0.25) is 4.79 Å². The molecule has 0 radical (unpaired) electrons. The van der Waals surface area contributed by atoms with Crippen LogP contribution in [0.1, 0.15) is 5.56 Å². The zero-order chi connectivity index (χ0) is 15.3. The van der Waals surface area contributed by atoms with E-state index in [0.717, 1.165) is 12.1 Å². The van der Waals surface area contributed by atoms with Gasteiger partial charge < -0.3 is 10.6 Å². The summed E-state index contributed by atoms with van der Waals surface area (Å²) < 4.78 is 37.6. The Morgan fingerprint density at radius 3 is 2.29 bits per heavy atom. The maximum absolute atomic E-state index is 12.5. The Morgan fingerprint density at radius 2 is 1.62 bits per heavy atom. The van der Waals surface area contributed by atoms with Crippen LogP contribution in [0, 0.1) is 0 Å². The van der Waals surface area contributed by atoms with Gasteiger partial charge in [0.1, 0.15) is 0 Å². The van der Waals surface area contributed by atoms with Crippen molar-refractivity contribution in [2.24, 2.45) is 0 Å². The number of halogens is 3. The molecule has 0 saturated carbocycles. The summed E-state index contributed by atoms with van der Waals surface area (Å²) in [7, 11) is 0. The Kier molecular flexibility index (Phi) is 4.47. The van der Waals surface area contributed by atoms with Gasteiger partial charge in [-0.05, 0) is 30.3 Å². The van der Waals surface area contributed by atoms with Gasteiger partial charge in [0.05, 0.1) is 12.1 Å². The lowest BCUT2D eigenvalue weighted by Gasteiger charge is -2.10. The Hall–Kier alpha value is -2.50. The van der Waals surface area contributed by atoms with E-state index in [1.54, 1.807) is 24.3 Å². The number of amides is 1. The molecule has 2 aromatic carbocycles. The van der Waals surface area contributed by atoms with Crippen LogP contribution >= 0.6 is 0 Å². The second kappa shape index (κ2) is 6.30. The molecular weight excluding hydrogens is 281 g/mol. The number of alkyl halides is 3. The van der Waals surface area contributed by atoms with Gasteiger partial charge in [-0.1, -0.05) is 24.3 Å². The predicted molar refractivity (Wildman–Crippen MR) is 75.0 cm³/mol. The summed E-state index contributed by atoms with van der Waals surface area (Å²) in [5, 5.41) is 5.30. The van der Waals surface area contributed by atoms with Gasteiger partial charge in [0.2, 0.25) is 5.91 Å². The highest BCUT2D eigenvalue weighted by atomic mass is 19.4. The van der Waals surface area contributed by atoms with Crippen LogP contribution in [0.3, 0.4) is 0 Å². The van der Waals surface area contributed by atoms with Crippen LogP contribution in [0.15, 0.2) is 54.6 Å². The number of hydrogen-bond acceptors (Lipinski definition) is 2. The quantitative estimate of drug-likeness (QED) is 0.901. The van der Waals surface area contributed by atoms with Crippen molar-refractivity contribution in [3.63, 3.8) is 0 Å². The molecule has 3 nitrogen and oxygen atoms in total. The third-order valence-corrected chi connectivity index (χ3v) is 2.70. The minimum atomic E-state index is -4.40. The van der Waals surface area contributed by atoms with Crippen LogP contribution < -0.4 is 10.6 Å². The van der Waals surface area contributed by atoms with Gasteiger partial charge in [0.25, 0.3) is 0 Å². The van der Waals surface area contributed by atoms with Crippen molar-refractivity contribution >= 4 is 17.3 Å². The van der Waals surface area contributed by atoms with Crippen molar-refractivity contribution in [2.75, 3.05) is 17.2 Å². The van der Waals surface area contributed by atoms with Crippen LogP contribution in [0.4, 0.5) is 24.5 Å². The monoisotopic (exact) mass is 294 g/mol. The lowest BCUT2D eigenvalue weighted by Crippen LogP contribution is -2.21. The van der Waals surface area contributed by atoms with E-state index in [1.165, 1.54) is 12.1 Å². The molecule has 0 aromatic heterocycles. The normalized spacial score (nSPS) is 11.0. The average Bonchev–Trinajstić information content (AvgIpc) is 2.46. The smallest absolute Gasteiger partial charge is 0.376 e. The highest BCUT2D eigenvalue weighted by Gasteiger charge is 2.30. The molecule has 6 heteroatoms. The topological polar surface area (TPSA) is 41.1 Å². The first kappa shape index (κ1) is 14.9. The number of benzene rings is 2. The maximum atomic E-state index is 12.5. The van der Waals surface area contributed by atoms with Crippen LogP contribution in [0.25, 0.3) is 0 Å². The minimum Gasteiger partial charge on any atom is -0.376 e. The molecule has 21 heavy (non-hydrogen) atoms. The van der Waals surface area contributed by atoms with E-state index in [2.05, 4.69) is 10.6 Å². The van der Waals surface area contributed by atoms with Gasteiger partial charge >= 0.3 is 6.18 Å². The first-order valence-electron chi connectivity index (χ1n) is 6.21. The number of nitrogens with one attached hydrogen (secondary N) is 2. The van der Waals surface area contributed by atoms with Crippen molar-refractivity contribution in [1.29, 1.82) is 0 Å². The van der Waals surface area contributed by atoms with E-state index in [9.17, 15) is 18.0 Å². The van der Waals surface area contributed by atoms with E-state index >= 15 is 0 Å². The van der Waals surface area contributed by atoms with E-state index < -0.39 is 11.7 Å². The van der Waals surface area contributed by atoms with Crippen molar-refractivity contribution < 1.29 is 18.0 Å². The molecular formula is C15H13F3N2O. The van der Waals surface area contributed by atoms with Crippen LogP contribution in [-0.2, 0) is 11.0 Å². The van der Waals surface area contributed by atoms with Crippen molar-refractivity contribution in [2.45, 2.75) is 6.18 Å². The largest absolute Gasteiger partial charge is 0.416 e. The van der Waals surface area contributed by atoms with Gasteiger partial charge in [-0.25, -0.2) is 0 Å². The average molecular weight is 294 g/mol. The van der Waals surface area contributed by atoms with E-state index in [1.807, 2.05) is 6.07 Å². The summed E-state index contributed by atoms with van der Waals surface area (Å²) in [6.07, 6.45) is -4.40. The third-order valence-electron chi connectivity index (χ3n) is 2.70. The lowest BCUT2D eigenvalue weighted by molar-refractivity contribution is -0.137. The maximum Gasteiger partial charge on any atom is 0.416 e. The zero-order valence-electron chi connectivity index (χ0n) is 10.9. The Bertz CT molecular complexity index is 612.